The van der Waals surface area contributed by atoms with E-state index in [1.165, 1.54) is 0 Å². The zero-order valence-corrected chi connectivity index (χ0v) is 13.0. The van der Waals surface area contributed by atoms with E-state index < -0.39 is 12.1 Å². The van der Waals surface area contributed by atoms with Crippen LogP contribution in [0.1, 0.15) is 33.1 Å². The summed E-state index contributed by atoms with van der Waals surface area (Å²) in [5.74, 6) is -1.16. The van der Waals surface area contributed by atoms with E-state index in [9.17, 15) is 13.2 Å². The van der Waals surface area contributed by atoms with Gasteiger partial charge in [0.25, 0.3) is 0 Å². The SMILES string of the molecule is CC(C)NCC1(CN2CCCC(C(F)(F)F)C2)CCOC1. The number of rotatable bonds is 5. The van der Waals surface area contributed by atoms with Crippen molar-refractivity contribution < 1.29 is 17.9 Å². The number of hydrogen-bond acceptors (Lipinski definition) is 3. The number of hydrogen-bond donors (Lipinski definition) is 1. The van der Waals surface area contributed by atoms with Gasteiger partial charge >= 0.3 is 6.18 Å². The van der Waals surface area contributed by atoms with Gasteiger partial charge in [-0.3, -0.25) is 0 Å². The number of likely N-dealkylation sites (tertiary alicyclic amines) is 1. The molecule has 3 nitrogen and oxygen atoms in total. The lowest BCUT2D eigenvalue weighted by molar-refractivity contribution is -0.187. The molecule has 2 aliphatic heterocycles. The van der Waals surface area contributed by atoms with Crippen molar-refractivity contribution in [2.24, 2.45) is 11.3 Å². The normalized spacial score (nSPS) is 32.0. The van der Waals surface area contributed by atoms with Crippen LogP contribution in [0.4, 0.5) is 13.2 Å². The maximum absolute atomic E-state index is 12.9. The van der Waals surface area contributed by atoms with Gasteiger partial charge in [0.1, 0.15) is 0 Å². The molecule has 21 heavy (non-hydrogen) atoms. The van der Waals surface area contributed by atoms with Gasteiger partial charge in [0, 0.05) is 37.7 Å². The summed E-state index contributed by atoms with van der Waals surface area (Å²) in [5.41, 5.74) is -0.0300. The first kappa shape index (κ1) is 17.0. The van der Waals surface area contributed by atoms with Gasteiger partial charge in [0.15, 0.2) is 0 Å². The van der Waals surface area contributed by atoms with Crippen molar-refractivity contribution in [3.8, 4) is 0 Å². The quantitative estimate of drug-likeness (QED) is 0.845. The minimum Gasteiger partial charge on any atom is -0.381 e. The minimum atomic E-state index is -4.06. The van der Waals surface area contributed by atoms with E-state index in [1.54, 1.807) is 0 Å². The first-order chi connectivity index (χ1) is 9.81. The van der Waals surface area contributed by atoms with Gasteiger partial charge in [-0.25, -0.2) is 0 Å². The van der Waals surface area contributed by atoms with Crippen LogP contribution in [0.15, 0.2) is 0 Å². The summed E-state index contributed by atoms with van der Waals surface area (Å²) in [6.45, 7) is 7.99. The monoisotopic (exact) mass is 308 g/mol. The Kier molecular flexibility index (Phi) is 5.54. The molecule has 2 atom stereocenters. The first-order valence-electron chi connectivity index (χ1n) is 7.91. The Morgan fingerprint density at radius 2 is 2.14 bits per heavy atom. The van der Waals surface area contributed by atoms with Crippen LogP contribution in [-0.2, 0) is 4.74 Å². The van der Waals surface area contributed by atoms with Crippen molar-refractivity contribution in [1.29, 1.82) is 0 Å². The minimum absolute atomic E-state index is 0.0300. The summed E-state index contributed by atoms with van der Waals surface area (Å²) in [6, 6.07) is 0.381. The first-order valence-corrected chi connectivity index (χ1v) is 7.91. The fourth-order valence-corrected chi connectivity index (χ4v) is 3.33. The molecule has 0 aliphatic carbocycles. The van der Waals surface area contributed by atoms with Crippen LogP contribution in [0.5, 0.6) is 0 Å². The largest absolute Gasteiger partial charge is 0.393 e. The van der Waals surface area contributed by atoms with Crippen molar-refractivity contribution in [2.75, 3.05) is 39.4 Å². The highest BCUT2D eigenvalue weighted by Gasteiger charge is 2.44. The van der Waals surface area contributed by atoms with Crippen molar-refractivity contribution in [2.45, 2.75) is 45.3 Å². The second-order valence-corrected chi connectivity index (χ2v) is 6.95. The van der Waals surface area contributed by atoms with Crippen LogP contribution < -0.4 is 5.32 Å². The molecular formula is C15H27F3N2O. The molecule has 0 bridgehead atoms. The molecule has 1 N–H and O–H groups in total. The zero-order chi connectivity index (χ0) is 15.5. The van der Waals surface area contributed by atoms with Crippen LogP contribution in [0, 0.1) is 11.3 Å². The molecule has 0 aromatic rings. The van der Waals surface area contributed by atoms with Crippen molar-refractivity contribution in [1.82, 2.24) is 10.2 Å². The second-order valence-electron chi connectivity index (χ2n) is 6.95. The average molecular weight is 308 g/mol. The van der Waals surface area contributed by atoms with Gasteiger partial charge in [0.05, 0.1) is 12.5 Å². The highest BCUT2D eigenvalue weighted by molar-refractivity contribution is 4.91. The molecular weight excluding hydrogens is 281 g/mol. The molecule has 2 aliphatic rings. The third-order valence-electron chi connectivity index (χ3n) is 4.60. The Hall–Kier alpha value is -0.330. The fraction of sp³-hybridized carbons (Fsp3) is 1.00. The smallest absolute Gasteiger partial charge is 0.381 e. The highest BCUT2D eigenvalue weighted by atomic mass is 19.4. The van der Waals surface area contributed by atoms with Crippen LogP contribution in [-0.4, -0.2) is 56.5 Å². The Morgan fingerprint density at radius 3 is 2.71 bits per heavy atom. The average Bonchev–Trinajstić information content (AvgIpc) is 2.85. The van der Waals surface area contributed by atoms with Crippen molar-refractivity contribution in [3.05, 3.63) is 0 Å². The number of alkyl halides is 3. The lowest BCUT2D eigenvalue weighted by atomic mass is 9.85. The van der Waals surface area contributed by atoms with Crippen LogP contribution >= 0.6 is 0 Å². The summed E-state index contributed by atoms with van der Waals surface area (Å²) in [4.78, 5) is 2.00. The Labute approximate surface area is 125 Å². The van der Waals surface area contributed by atoms with E-state index in [4.69, 9.17) is 4.74 Å². The van der Waals surface area contributed by atoms with Crippen LogP contribution in [0.3, 0.4) is 0 Å². The maximum atomic E-state index is 12.9. The van der Waals surface area contributed by atoms with Gasteiger partial charge in [0.2, 0.25) is 0 Å². The van der Waals surface area contributed by atoms with E-state index in [2.05, 4.69) is 19.2 Å². The molecule has 0 radical (unpaired) electrons. The number of ether oxygens (including phenoxy) is 1. The van der Waals surface area contributed by atoms with E-state index in [0.717, 1.165) is 26.1 Å². The van der Waals surface area contributed by atoms with E-state index >= 15 is 0 Å². The lowest BCUT2D eigenvalue weighted by Gasteiger charge is -2.39. The van der Waals surface area contributed by atoms with Crippen LogP contribution in [0.25, 0.3) is 0 Å². The summed E-state index contributed by atoms with van der Waals surface area (Å²) in [7, 11) is 0. The van der Waals surface area contributed by atoms with E-state index in [1.807, 2.05) is 4.90 Å². The molecule has 2 rings (SSSR count). The predicted molar refractivity (Wildman–Crippen MR) is 76.2 cm³/mol. The summed E-state index contributed by atoms with van der Waals surface area (Å²) < 4.78 is 44.3. The molecule has 0 aromatic carbocycles. The standard InChI is InChI=1S/C15H27F3N2O/c1-12(2)19-9-14(5-7-21-11-14)10-20-6-3-4-13(8-20)15(16,17)18/h12-13,19H,3-11H2,1-2H3. The summed E-state index contributed by atoms with van der Waals surface area (Å²) in [5, 5.41) is 3.43. The molecule has 0 aromatic heterocycles. The number of halogens is 3. The molecule has 2 heterocycles. The molecule has 6 heteroatoms. The fourth-order valence-electron chi connectivity index (χ4n) is 3.33. The molecule has 0 saturated carbocycles. The third kappa shape index (κ3) is 4.83. The zero-order valence-electron chi connectivity index (χ0n) is 13.0. The Bertz CT molecular complexity index is 327. The molecule has 2 fully saturated rings. The van der Waals surface area contributed by atoms with Gasteiger partial charge in [-0.05, 0) is 25.8 Å². The highest BCUT2D eigenvalue weighted by Crippen LogP contribution is 2.36. The second kappa shape index (κ2) is 6.84. The molecule has 0 amide bonds. The predicted octanol–water partition coefficient (Wildman–Crippen LogP) is 2.67. The molecule has 2 saturated heterocycles. The molecule has 124 valence electrons. The van der Waals surface area contributed by atoms with E-state index in [-0.39, 0.29) is 18.4 Å². The lowest BCUT2D eigenvalue weighted by Crippen LogP contribution is -2.50. The van der Waals surface area contributed by atoms with E-state index in [0.29, 0.717) is 25.6 Å². The van der Waals surface area contributed by atoms with Crippen molar-refractivity contribution in [3.63, 3.8) is 0 Å². The third-order valence-corrected chi connectivity index (χ3v) is 4.60. The number of nitrogens with one attached hydrogen (secondary N) is 1. The Morgan fingerprint density at radius 1 is 1.38 bits per heavy atom. The van der Waals surface area contributed by atoms with Gasteiger partial charge in [-0.1, -0.05) is 13.8 Å². The summed E-state index contributed by atoms with van der Waals surface area (Å²) >= 11 is 0. The molecule has 2 unspecified atom stereocenters. The van der Waals surface area contributed by atoms with Gasteiger partial charge < -0.3 is 15.0 Å². The topological polar surface area (TPSA) is 24.5 Å². The number of nitrogens with zero attached hydrogens (tertiary/aromatic N) is 1. The van der Waals surface area contributed by atoms with Gasteiger partial charge in [-0.2, -0.15) is 13.2 Å². The van der Waals surface area contributed by atoms with Crippen molar-refractivity contribution >= 4 is 0 Å². The van der Waals surface area contributed by atoms with Gasteiger partial charge in [-0.15, -0.1) is 0 Å². The number of piperidine rings is 1. The van der Waals surface area contributed by atoms with Crippen LogP contribution in [0.2, 0.25) is 0 Å². The maximum Gasteiger partial charge on any atom is 0.393 e. The Balaban J connectivity index is 1.93. The summed E-state index contributed by atoms with van der Waals surface area (Å²) in [6.07, 6.45) is -2.22. The molecule has 0 spiro atoms.